The van der Waals surface area contributed by atoms with Gasteiger partial charge in [0, 0.05) is 25.0 Å². The molecule has 2 rings (SSSR count). The molecule has 0 bridgehead atoms. The molecular formula is C19H28F2N2O3S. The summed E-state index contributed by atoms with van der Waals surface area (Å²) in [6.07, 6.45) is 2.76. The quantitative estimate of drug-likeness (QED) is 0.761. The van der Waals surface area contributed by atoms with E-state index in [1.165, 1.54) is 4.31 Å². The number of hydrogen-bond acceptors (Lipinski definition) is 3. The van der Waals surface area contributed by atoms with Gasteiger partial charge in [0.05, 0.1) is 4.90 Å². The number of nitrogens with one attached hydrogen (secondary N) is 1. The van der Waals surface area contributed by atoms with Crippen LogP contribution in [0.3, 0.4) is 0 Å². The van der Waals surface area contributed by atoms with Gasteiger partial charge in [-0.3, -0.25) is 4.79 Å². The summed E-state index contributed by atoms with van der Waals surface area (Å²) in [5.41, 5.74) is 0. The molecule has 0 aliphatic carbocycles. The van der Waals surface area contributed by atoms with E-state index in [4.69, 9.17) is 0 Å². The first-order chi connectivity index (χ1) is 12.6. The number of benzene rings is 1. The van der Waals surface area contributed by atoms with Gasteiger partial charge in [-0.15, -0.1) is 0 Å². The lowest BCUT2D eigenvalue weighted by molar-refractivity contribution is -0.126. The fraction of sp³-hybridized carbons (Fsp3) is 0.632. The smallest absolute Gasteiger partial charge is 0.243 e. The number of nitrogens with zero attached hydrogens (tertiary/aromatic N) is 1. The standard InChI is InChI=1S/C19H28F2N2O3S/c1-13(2)4-5-14(3)22-19(24)15-8-10-23(11-9-15)27(25,26)16-6-7-17(20)18(21)12-16/h6-7,12-15H,4-5,8-11H2,1-3H3,(H,22,24)/t14-/m0/s1. The van der Waals surface area contributed by atoms with Crippen LogP contribution < -0.4 is 5.32 Å². The first-order valence-corrected chi connectivity index (χ1v) is 10.8. The van der Waals surface area contributed by atoms with Crippen LogP contribution in [0.1, 0.15) is 46.5 Å². The molecule has 1 aromatic rings. The maximum absolute atomic E-state index is 13.4. The van der Waals surface area contributed by atoms with Crippen molar-refractivity contribution in [2.24, 2.45) is 11.8 Å². The Kier molecular flexibility index (Phi) is 7.33. The van der Waals surface area contributed by atoms with E-state index in [0.29, 0.717) is 24.8 Å². The van der Waals surface area contributed by atoms with Crippen LogP contribution in [0.15, 0.2) is 23.1 Å². The summed E-state index contributed by atoms with van der Waals surface area (Å²) in [6, 6.07) is 2.65. The van der Waals surface area contributed by atoms with Gasteiger partial charge >= 0.3 is 0 Å². The zero-order valence-corrected chi connectivity index (χ0v) is 16.9. The van der Waals surface area contributed by atoms with Crippen molar-refractivity contribution >= 4 is 15.9 Å². The Balaban J connectivity index is 1.92. The molecule has 0 spiro atoms. The van der Waals surface area contributed by atoms with Crippen molar-refractivity contribution in [1.29, 1.82) is 0 Å². The molecule has 0 saturated carbocycles. The third-order valence-electron chi connectivity index (χ3n) is 4.92. The third-order valence-corrected chi connectivity index (χ3v) is 6.81. The van der Waals surface area contributed by atoms with Crippen molar-refractivity contribution in [3.8, 4) is 0 Å². The summed E-state index contributed by atoms with van der Waals surface area (Å²) in [6.45, 7) is 6.61. The molecule has 1 atom stereocenters. The Hall–Kier alpha value is -1.54. The molecule has 1 aliphatic rings. The van der Waals surface area contributed by atoms with Crippen LogP contribution in [0.2, 0.25) is 0 Å². The fourth-order valence-corrected chi connectivity index (χ4v) is 4.64. The normalized spacial score (nSPS) is 17.9. The summed E-state index contributed by atoms with van der Waals surface area (Å²) in [5, 5.41) is 3.01. The Morgan fingerprint density at radius 2 is 1.78 bits per heavy atom. The van der Waals surface area contributed by atoms with Gasteiger partial charge in [0.25, 0.3) is 0 Å². The van der Waals surface area contributed by atoms with Crippen molar-refractivity contribution in [1.82, 2.24) is 9.62 Å². The van der Waals surface area contributed by atoms with E-state index in [1.54, 1.807) is 0 Å². The topological polar surface area (TPSA) is 66.5 Å². The molecule has 0 radical (unpaired) electrons. The molecule has 0 aromatic heterocycles. The van der Waals surface area contributed by atoms with Crippen molar-refractivity contribution in [2.75, 3.05) is 13.1 Å². The highest BCUT2D eigenvalue weighted by molar-refractivity contribution is 7.89. The predicted molar refractivity (Wildman–Crippen MR) is 99.5 cm³/mol. The van der Waals surface area contributed by atoms with Crippen LogP contribution >= 0.6 is 0 Å². The second-order valence-corrected chi connectivity index (χ2v) is 9.57. The monoisotopic (exact) mass is 402 g/mol. The largest absolute Gasteiger partial charge is 0.353 e. The molecule has 1 heterocycles. The van der Waals surface area contributed by atoms with Gasteiger partial charge < -0.3 is 5.32 Å². The minimum absolute atomic E-state index is 0.0452. The third kappa shape index (κ3) is 5.72. The Morgan fingerprint density at radius 1 is 1.15 bits per heavy atom. The zero-order valence-electron chi connectivity index (χ0n) is 16.0. The molecule has 1 saturated heterocycles. The molecule has 1 N–H and O–H groups in total. The number of carbonyl (C=O) groups excluding carboxylic acids is 1. The number of piperidine rings is 1. The van der Waals surface area contributed by atoms with E-state index in [-0.39, 0.29) is 35.9 Å². The van der Waals surface area contributed by atoms with Crippen LogP contribution in [0.25, 0.3) is 0 Å². The average molecular weight is 403 g/mol. The highest BCUT2D eigenvalue weighted by Gasteiger charge is 2.32. The number of carbonyl (C=O) groups is 1. The van der Waals surface area contributed by atoms with Gasteiger partial charge in [0.2, 0.25) is 15.9 Å². The maximum atomic E-state index is 13.4. The fourth-order valence-electron chi connectivity index (χ4n) is 3.16. The van der Waals surface area contributed by atoms with Crippen LogP contribution in [0, 0.1) is 23.5 Å². The molecule has 1 aliphatic heterocycles. The van der Waals surface area contributed by atoms with Gasteiger partial charge in [-0.1, -0.05) is 13.8 Å². The van der Waals surface area contributed by atoms with Crippen LogP contribution in [-0.4, -0.2) is 37.8 Å². The molecule has 1 aromatic carbocycles. The summed E-state index contributed by atoms with van der Waals surface area (Å²) in [4.78, 5) is 12.1. The first kappa shape index (κ1) is 21.8. The Morgan fingerprint density at radius 3 is 2.33 bits per heavy atom. The van der Waals surface area contributed by atoms with E-state index in [9.17, 15) is 22.0 Å². The molecule has 8 heteroatoms. The number of amides is 1. The number of halogens is 2. The second kappa shape index (κ2) is 9.10. The molecule has 5 nitrogen and oxygen atoms in total. The number of sulfonamides is 1. The minimum atomic E-state index is -3.90. The van der Waals surface area contributed by atoms with Gasteiger partial charge in [0.15, 0.2) is 11.6 Å². The summed E-state index contributed by atoms with van der Waals surface area (Å²) < 4.78 is 52.8. The van der Waals surface area contributed by atoms with E-state index in [0.717, 1.165) is 25.0 Å². The van der Waals surface area contributed by atoms with Gasteiger partial charge in [0.1, 0.15) is 0 Å². The van der Waals surface area contributed by atoms with Gasteiger partial charge in [-0.25, -0.2) is 17.2 Å². The predicted octanol–water partition coefficient (Wildman–Crippen LogP) is 3.31. The molecule has 1 fully saturated rings. The SMILES string of the molecule is CC(C)CC[C@H](C)NC(=O)C1CCN(S(=O)(=O)c2ccc(F)c(F)c2)CC1. The molecular weight excluding hydrogens is 374 g/mol. The first-order valence-electron chi connectivity index (χ1n) is 9.37. The summed E-state index contributed by atoms with van der Waals surface area (Å²) in [7, 11) is -3.90. The van der Waals surface area contributed by atoms with Gasteiger partial charge in [-0.05, 0) is 56.7 Å². The van der Waals surface area contributed by atoms with Crippen LogP contribution in [-0.2, 0) is 14.8 Å². The molecule has 1 amide bonds. The van der Waals surface area contributed by atoms with Crippen molar-refractivity contribution in [3.05, 3.63) is 29.8 Å². The van der Waals surface area contributed by atoms with E-state index >= 15 is 0 Å². The van der Waals surface area contributed by atoms with Crippen LogP contribution in [0.4, 0.5) is 8.78 Å². The maximum Gasteiger partial charge on any atom is 0.243 e. The highest BCUT2D eigenvalue weighted by Crippen LogP contribution is 2.25. The van der Waals surface area contributed by atoms with Crippen molar-refractivity contribution < 1.29 is 22.0 Å². The lowest BCUT2D eigenvalue weighted by Crippen LogP contribution is -2.44. The number of hydrogen-bond donors (Lipinski definition) is 1. The van der Waals surface area contributed by atoms with E-state index in [1.807, 2.05) is 6.92 Å². The Bertz CT molecular complexity index is 760. The molecule has 27 heavy (non-hydrogen) atoms. The lowest BCUT2D eigenvalue weighted by atomic mass is 9.96. The van der Waals surface area contributed by atoms with Crippen LogP contribution in [0.5, 0.6) is 0 Å². The Labute approximate surface area is 160 Å². The zero-order chi connectivity index (χ0) is 20.2. The minimum Gasteiger partial charge on any atom is -0.353 e. The molecule has 0 unspecified atom stereocenters. The van der Waals surface area contributed by atoms with Crippen molar-refractivity contribution in [2.45, 2.75) is 57.4 Å². The van der Waals surface area contributed by atoms with Crippen molar-refractivity contribution in [3.63, 3.8) is 0 Å². The molecule has 152 valence electrons. The summed E-state index contributed by atoms with van der Waals surface area (Å²) in [5.74, 6) is -1.98. The second-order valence-electron chi connectivity index (χ2n) is 7.64. The highest BCUT2D eigenvalue weighted by atomic mass is 32.2. The average Bonchev–Trinajstić information content (AvgIpc) is 2.62. The van der Waals surface area contributed by atoms with Gasteiger partial charge in [-0.2, -0.15) is 4.31 Å². The summed E-state index contributed by atoms with van der Waals surface area (Å²) >= 11 is 0. The van der Waals surface area contributed by atoms with E-state index < -0.39 is 21.7 Å². The number of rotatable bonds is 7. The lowest BCUT2D eigenvalue weighted by Gasteiger charge is -2.31. The van der Waals surface area contributed by atoms with E-state index in [2.05, 4.69) is 19.2 Å².